The molecule has 1 heterocycles. The standard InChI is InChI=1S/C25H27NO5.ClH/c1-27-21-11-10-18(15-22(21)31-14-12-20-7-5-6-13-26-20)8-9-19-16-23(28-2)25(30-4)24(17-19)29-3;/h5-11,13,15-17H,12,14H2,1-4H3;1H/b9-8-;. The van der Waals surface area contributed by atoms with Crippen LogP contribution in [0.1, 0.15) is 16.8 Å². The average Bonchev–Trinajstić information content (AvgIpc) is 2.82. The highest BCUT2D eigenvalue weighted by molar-refractivity contribution is 5.85. The summed E-state index contributed by atoms with van der Waals surface area (Å²) < 4.78 is 27.6. The molecule has 0 aliphatic rings. The van der Waals surface area contributed by atoms with Crippen LogP contribution in [0.2, 0.25) is 0 Å². The number of pyridine rings is 1. The van der Waals surface area contributed by atoms with Crippen molar-refractivity contribution in [3.63, 3.8) is 0 Å². The molecule has 0 bridgehead atoms. The van der Waals surface area contributed by atoms with Gasteiger partial charge in [-0.3, -0.25) is 4.98 Å². The molecule has 2 aromatic carbocycles. The third-order valence-electron chi connectivity index (χ3n) is 4.68. The molecule has 0 aliphatic heterocycles. The van der Waals surface area contributed by atoms with E-state index in [1.54, 1.807) is 34.6 Å². The van der Waals surface area contributed by atoms with Gasteiger partial charge >= 0.3 is 0 Å². The smallest absolute Gasteiger partial charge is 0.203 e. The Kier molecular flexibility index (Phi) is 9.70. The summed E-state index contributed by atoms with van der Waals surface area (Å²) in [5, 5.41) is 0. The molecule has 0 saturated carbocycles. The van der Waals surface area contributed by atoms with Crippen molar-refractivity contribution in [3.05, 3.63) is 71.5 Å². The van der Waals surface area contributed by atoms with Crippen LogP contribution in [-0.2, 0) is 6.42 Å². The summed E-state index contributed by atoms with van der Waals surface area (Å²) in [5.41, 5.74) is 2.88. The second kappa shape index (κ2) is 12.5. The highest BCUT2D eigenvalue weighted by Crippen LogP contribution is 2.38. The number of rotatable bonds is 10. The molecular formula is C25H28ClNO5. The molecule has 3 aromatic rings. The Morgan fingerprint density at radius 1 is 0.719 bits per heavy atom. The van der Waals surface area contributed by atoms with Crippen molar-refractivity contribution in [1.29, 1.82) is 0 Å². The minimum Gasteiger partial charge on any atom is -0.493 e. The van der Waals surface area contributed by atoms with E-state index in [1.807, 2.05) is 60.7 Å². The molecule has 0 radical (unpaired) electrons. The van der Waals surface area contributed by atoms with Crippen molar-refractivity contribution < 1.29 is 23.7 Å². The van der Waals surface area contributed by atoms with E-state index in [9.17, 15) is 0 Å². The summed E-state index contributed by atoms with van der Waals surface area (Å²) in [5.74, 6) is 3.15. The highest BCUT2D eigenvalue weighted by Gasteiger charge is 2.12. The molecule has 0 unspecified atom stereocenters. The topological polar surface area (TPSA) is 59.0 Å². The monoisotopic (exact) mass is 457 g/mol. The third-order valence-corrected chi connectivity index (χ3v) is 4.68. The molecular weight excluding hydrogens is 430 g/mol. The summed E-state index contributed by atoms with van der Waals surface area (Å²) in [6.45, 7) is 0.507. The minimum atomic E-state index is 0. The van der Waals surface area contributed by atoms with Crippen molar-refractivity contribution in [2.75, 3.05) is 35.0 Å². The Balaban J connectivity index is 0.00000363. The number of halogens is 1. The molecule has 6 nitrogen and oxygen atoms in total. The van der Waals surface area contributed by atoms with Gasteiger partial charge in [0.05, 0.1) is 35.0 Å². The second-order valence-corrected chi connectivity index (χ2v) is 6.62. The lowest BCUT2D eigenvalue weighted by atomic mass is 10.1. The van der Waals surface area contributed by atoms with Crippen LogP contribution in [0.4, 0.5) is 0 Å². The van der Waals surface area contributed by atoms with Gasteiger partial charge in [0.15, 0.2) is 23.0 Å². The predicted octanol–water partition coefficient (Wildman–Crippen LogP) is 5.33. The van der Waals surface area contributed by atoms with Gasteiger partial charge in [-0.2, -0.15) is 0 Å². The van der Waals surface area contributed by atoms with Crippen molar-refractivity contribution >= 4 is 24.6 Å². The van der Waals surface area contributed by atoms with Crippen molar-refractivity contribution in [2.24, 2.45) is 0 Å². The van der Waals surface area contributed by atoms with Crippen LogP contribution >= 0.6 is 12.4 Å². The molecule has 0 atom stereocenters. The third kappa shape index (κ3) is 6.31. The zero-order valence-corrected chi connectivity index (χ0v) is 19.5. The molecule has 7 heteroatoms. The number of ether oxygens (including phenoxy) is 5. The first-order chi connectivity index (χ1) is 15.2. The van der Waals surface area contributed by atoms with Crippen LogP contribution in [0.25, 0.3) is 12.2 Å². The Hall–Kier alpha value is -3.38. The van der Waals surface area contributed by atoms with Crippen LogP contribution in [-0.4, -0.2) is 40.0 Å². The molecule has 170 valence electrons. The van der Waals surface area contributed by atoms with E-state index in [-0.39, 0.29) is 12.4 Å². The van der Waals surface area contributed by atoms with Gasteiger partial charge < -0.3 is 23.7 Å². The van der Waals surface area contributed by atoms with E-state index in [1.165, 1.54) is 0 Å². The van der Waals surface area contributed by atoms with E-state index in [4.69, 9.17) is 23.7 Å². The van der Waals surface area contributed by atoms with Gasteiger partial charge in [-0.05, 0) is 47.5 Å². The molecule has 0 saturated heterocycles. The maximum absolute atomic E-state index is 5.97. The summed E-state index contributed by atoms with van der Waals surface area (Å²) in [4.78, 5) is 4.32. The van der Waals surface area contributed by atoms with Gasteiger partial charge in [0.25, 0.3) is 0 Å². The van der Waals surface area contributed by atoms with Gasteiger partial charge in [0.1, 0.15) is 0 Å². The zero-order valence-electron chi connectivity index (χ0n) is 18.7. The Morgan fingerprint density at radius 3 is 1.97 bits per heavy atom. The molecule has 32 heavy (non-hydrogen) atoms. The first kappa shape index (κ1) is 24.9. The number of hydrogen-bond donors (Lipinski definition) is 0. The normalized spacial score (nSPS) is 10.4. The van der Waals surface area contributed by atoms with Gasteiger partial charge in [0.2, 0.25) is 5.75 Å². The highest BCUT2D eigenvalue weighted by atomic mass is 35.5. The minimum absolute atomic E-state index is 0. The predicted molar refractivity (Wildman–Crippen MR) is 129 cm³/mol. The van der Waals surface area contributed by atoms with Crippen LogP contribution in [0.3, 0.4) is 0 Å². The molecule has 0 N–H and O–H groups in total. The Bertz CT molecular complexity index is 999. The van der Waals surface area contributed by atoms with Gasteiger partial charge in [-0.1, -0.05) is 24.3 Å². The van der Waals surface area contributed by atoms with Crippen molar-refractivity contribution in [1.82, 2.24) is 4.98 Å². The fourth-order valence-electron chi connectivity index (χ4n) is 3.11. The number of nitrogens with zero attached hydrogens (tertiary/aromatic N) is 1. The lowest BCUT2D eigenvalue weighted by Crippen LogP contribution is -2.04. The molecule has 0 amide bonds. The first-order valence-electron chi connectivity index (χ1n) is 9.87. The number of benzene rings is 2. The fourth-order valence-corrected chi connectivity index (χ4v) is 3.11. The quantitative estimate of drug-likeness (QED) is 0.383. The maximum atomic E-state index is 5.97. The Morgan fingerprint density at radius 2 is 1.38 bits per heavy atom. The maximum Gasteiger partial charge on any atom is 0.203 e. The number of aromatic nitrogens is 1. The van der Waals surface area contributed by atoms with E-state index < -0.39 is 0 Å². The summed E-state index contributed by atoms with van der Waals surface area (Å²) in [6.07, 6.45) is 6.47. The molecule has 0 fully saturated rings. The van der Waals surface area contributed by atoms with E-state index in [2.05, 4.69) is 4.98 Å². The number of hydrogen-bond acceptors (Lipinski definition) is 6. The Labute approximate surface area is 195 Å². The molecule has 0 spiro atoms. The average molecular weight is 458 g/mol. The first-order valence-corrected chi connectivity index (χ1v) is 9.87. The van der Waals surface area contributed by atoms with E-state index >= 15 is 0 Å². The zero-order chi connectivity index (χ0) is 22.1. The second-order valence-electron chi connectivity index (χ2n) is 6.62. The van der Waals surface area contributed by atoms with Gasteiger partial charge in [0, 0.05) is 18.3 Å². The van der Waals surface area contributed by atoms with E-state index in [0.29, 0.717) is 35.4 Å². The van der Waals surface area contributed by atoms with E-state index in [0.717, 1.165) is 23.2 Å². The molecule has 1 aromatic heterocycles. The SMILES string of the molecule is COc1ccc(/C=C\c2cc(OC)c(OC)c(OC)c2)cc1OCCc1ccccn1.Cl. The van der Waals surface area contributed by atoms with Crippen LogP contribution in [0.15, 0.2) is 54.7 Å². The molecule has 0 aliphatic carbocycles. The van der Waals surface area contributed by atoms with Gasteiger partial charge in [-0.25, -0.2) is 0 Å². The van der Waals surface area contributed by atoms with Crippen LogP contribution < -0.4 is 23.7 Å². The number of methoxy groups -OCH3 is 4. The largest absolute Gasteiger partial charge is 0.493 e. The molecule has 3 rings (SSSR count). The van der Waals surface area contributed by atoms with Crippen LogP contribution in [0, 0.1) is 0 Å². The lowest BCUT2D eigenvalue weighted by molar-refractivity contribution is 0.296. The fraction of sp³-hybridized carbons (Fsp3) is 0.240. The van der Waals surface area contributed by atoms with Crippen LogP contribution in [0.5, 0.6) is 28.7 Å². The summed E-state index contributed by atoms with van der Waals surface area (Å²) in [6, 6.07) is 15.5. The van der Waals surface area contributed by atoms with Crippen molar-refractivity contribution in [2.45, 2.75) is 6.42 Å². The lowest BCUT2D eigenvalue weighted by Gasteiger charge is -2.13. The van der Waals surface area contributed by atoms with Gasteiger partial charge in [-0.15, -0.1) is 12.4 Å². The summed E-state index contributed by atoms with van der Waals surface area (Å²) in [7, 11) is 6.42. The summed E-state index contributed by atoms with van der Waals surface area (Å²) >= 11 is 0. The van der Waals surface area contributed by atoms with Crippen molar-refractivity contribution in [3.8, 4) is 28.7 Å².